The Balaban J connectivity index is 1.14. The zero-order valence-corrected chi connectivity index (χ0v) is 25.4. The molecule has 0 radical (unpaired) electrons. The fourth-order valence-electron chi connectivity index (χ4n) is 5.78. The number of piperazine rings is 1. The van der Waals surface area contributed by atoms with Crippen molar-refractivity contribution < 1.29 is 14.6 Å². The Morgan fingerprint density at radius 2 is 1.56 bits per heavy atom. The Hall–Kier alpha value is -3.73. The molecule has 1 aliphatic carbocycles. The van der Waals surface area contributed by atoms with E-state index >= 15 is 0 Å². The van der Waals surface area contributed by atoms with Gasteiger partial charge in [-0.25, -0.2) is 4.98 Å². The first-order chi connectivity index (χ1) is 21.1. The second kappa shape index (κ2) is 13.7. The lowest BCUT2D eigenvalue weighted by Crippen LogP contribution is -2.46. The smallest absolute Gasteiger partial charge is 0.124 e. The topological polar surface area (TPSA) is 92.0 Å². The first-order valence-corrected chi connectivity index (χ1v) is 15.5. The zero-order chi connectivity index (χ0) is 29.6. The molecule has 4 aromatic rings. The van der Waals surface area contributed by atoms with E-state index < -0.39 is 0 Å². The SMILES string of the molecule is COc1cc(OC)cc(N(CC2CC2)c2ccc3ncc(-c4cnn(CCCN5CCN(CCCO)CC5)c4)nc3c2)c1. The number of fused-ring (bicyclic) bond motifs is 1. The van der Waals surface area contributed by atoms with Crippen LogP contribution in [-0.4, -0.2) is 101 Å². The Morgan fingerprint density at radius 3 is 2.23 bits per heavy atom. The van der Waals surface area contributed by atoms with Gasteiger partial charge in [-0.2, -0.15) is 5.10 Å². The van der Waals surface area contributed by atoms with Crippen LogP contribution in [0.4, 0.5) is 11.4 Å². The van der Waals surface area contributed by atoms with E-state index in [4.69, 9.17) is 24.5 Å². The van der Waals surface area contributed by atoms with E-state index in [9.17, 15) is 0 Å². The third kappa shape index (κ3) is 7.44. The summed E-state index contributed by atoms with van der Waals surface area (Å²) < 4.78 is 13.1. The van der Waals surface area contributed by atoms with Crippen molar-refractivity contribution in [1.82, 2.24) is 29.5 Å². The number of aliphatic hydroxyl groups is 1. The van der Waals surface area contributed by atoms with Gasteiger partial charge >= 0.3 is 0 Å². The van der Waals surface area contributed by atoms with E-state index in [2.05, 4.69) is 56.3 Å². The maximum atomic E-state index is 9.06. The maximum Gasteiger partial charge on any atom is 0.124 e. The fraction of sp³-hybridized carbons (Fsp3) is 0.485. The number of rotatable bonds is 14. The molecule has 3 heterocycles. The summed E-state index contributed by atoms with van der Waals surface area (Å²) in [5, 5.41) is 13.7. The fourth-order valence-corrected chi connectivity index (χ4v) is 5.78. The van der Waals surface area contributed by atoms with E-state index in [-0.39, 0.29) is 6.61 Å². The summed E-state index contributed by atoms with van der Waals surface area (Å²) in [7, 11) is 3.37. The summed E-state index contributed by atoms with van der Waals surface area (Å²) >= 11 is 0. The summed E-state index contributed by atoms with van der Waals surface area (Å²) in [6.45, 7) is 8.49. The number of nitrogens with zero attached hydrogens (tertiary/aromatic N) is 7. The number of methoxy groups -OCH3 is 2. The van der Waals surface area contributed by atoms with Crippen LogP contribution in [0.3, 0.4) is 0 Å². The number of ether oxygens (including phenoxy) is 2. The van der Waals surface area contributed by atoms with Gasteiger partial charge in [-0.1, -0.05) is 0 Å². The van der Waals surface area contributed by atoms with Gasteiger partial charge < -0.3 is 29.3 Å². The Bertz CT molecular complexity index is 1470. The van der Waals surface area contributed by atoms with Crippen LogP contribution in [0.5, 0.6) is 11.5 Å². The molecule has 2 fully saturated rings. The Morgan fingerprint density at radius 1 is 0.837 bits per heavy atom. The van der Waals surface area contributed by atoms with Crippen molar-refractivity contribution in [3.8, 4) is 22.8 Å². The molecule has 1 saturated carbocycles. The third-order valence-corrected chi connectivity index (χ3v) is 8.51. The normalized spacial score (nSPS) is 16.1. The van der Waals surface area contributed by atoms with E-state index in [1.165, 1.54) is 12.8 Å². The minimum Gasteiger partial charge on any atom is -0.497 e. The molecule has 6 rings (SSSR count). The number of hydrogen-bond donors (Lipinski definition) is 1. The van der Waals surface area contributed by atoms with Crippen LogP contribution in [0.1, 0.15) is 25.7 Å². The average molecular weight is 586 g/mol. The van der Waals surface area contributed by atoms with Gasteiger partial charge in [0.1, 0.15) is 11.5 Å². The minimum atomic E-state index is 0.275. The van der Waals surface area contributed by atoms with E-state index in [0.717, 1.165) is 110 Å². The lowest BCUT2D eigenvalue weighted by Gasteiger charge is -2.34. The van der Waals surface area contributed by atoms with Gasteiger partial charge in [0.2, 0.25) is 0 Å². The molecule has 10 nitrogen and oxygen atoms in total. The highest BCUT2D eigenvalue weighted by Gasteiger charge is 2.26. The van der Waals surface area contributed by atoms with Gasteiger partial charge in [0, 0.05) is 93.8 Å². The molecular formula is C33H43N7O3. The minimum absolute atomic E-state index is 0.275. The van der Waals surface area contributed by atoms with Gasteiger partial charge in [0.05, 0.1) is 43.3 Å². The number of benzene rings is 2. The molecule has 0 atom stereocenters. The van der Waals surface area contributed by atoms with Crippen LogP contribution in [0, 0.1) is 5.92 Å². The summed E-state index contributed by atoms with van der Waals surface area (Å²) in [5.74, 6) is 2.22. The molecule has 0 amide bonds. The van der Waals surface area contributed by atoms with E-state index in [1.54, 1.807) is 14.2 Å². The quantitative estimate of drug-likeness (QED) is 0.230. The molecule has 2 aromatic carbocycles. The molecule has 43 heavy (non-hydrogen) atoms. The van der Waals surface area contributed by atoms with Crippen LogP contribution >= 0.6 is 0 Å². The lowest BCUT2D eigenvalue weighted by atomic mass is 10.1. The number of anilines is 2. The Labute approximate surface area is 253 Å². The standard InChI is InChI=1S/C33H43N7O3/c1-42-29-17-28(18-30(20-29)43-2)40(23-25-5-6-25)27-7-8-31-32(19-27)36-33(22-34-31)26-21-35-39(24-26)11-3-9-37-12-14-38(15-13-37)10-4-16-41/h7-8,17-22,24-25,41H,3-6,9-16,23H2,1-2H3. The summed E-state index contributed by atoms with van der Waals surface area (Å²) in [6.07, 6.45) is 10.2. The van der Waals surface area contributed by atoms with Crippen molar-refractivity contribution in [1.29, 1.82) is 0 Å². The van der Waals surface area contributed by atoms with Gasteiger partial charge in [-0.05, 0) is 56.3 Å². The number of aliphatic hydroxyl groups excluding tert-OH is 1. The Kier molecular flexibility index (Phi) is 9.36. The van der Waals surface area contributed by atoms with Crippen LogP contribution in [-0.2, 0) is 6.54 Å². The van der Waals surface area contributed by atoms with Crippen molar-refractivity contribution >= 4 is 22.4 Å². The van der Waals surface area contributed by atoms with Crippen molar-refractivity contribution in [3.05, 3.63) is 55.0 Å². The van der Waals surface area contributed by atoms with E-state index in [1.807, 2.05) is 23.1 Å². The molecule has 0 spiro atoms. The van der Waals surface area contributed by atoms with Gasteiger partial charge in [-0.3, -0.25) is 9.67 Å². The highest BCUT2D eigenvalue weighted by molar-refractivity contribution is 5.82. The number of aryl methyl sites for hydroxylation is 1. The number of aromatic nitrogens is 4. The van der Waals surface area contributed by atoms with Crippen molar-refractivity contribution in [2.75, 3.05) is 71.5 Å². The molecule has 1 saturated heterocycles. The molecular weight excluding hydrogens is 542 g/mol. The van der Waals surface area contributed by atoms with Crippen LogP contribution in [0.25, 0.3) is 22.3 Å². The summed E-state index contributed by atoms with van der Waals surface area (Å²) in [6, 6.07) is 12.3. The molecule has 10 heteroatoms. The predicted molar refractivity (Wildman–Crippen MR) is 169 cm³/mol. The second-order valence-corrected chi connectivity index (χ2v) is 11.7. The van der Waals surface area contributed by atoms with Gasteiger partial charge in [0.15, 0.2) is 0 Å². The third-order valence-electron chi connectivity index (χ3n) is 8.51. The first kappa shape index (κ1) is 29.3. The van der Waals surface area contributed by atoms with Crippen molar-refractivity contribution in [2.45, 2.75) is 32.2 Å². The van der Waals surface area contributed by atoms with E-state index in [0.29, 0.717) is 5.92 Å². The van der Waals surface area contributed by atoms with Crippen LogP contribution in [0.15, 0.2) is 55.0 Å². The molecule has 228 valence electrons. The maximum absolute atomic E-state index is 9.06. The summed E-state index contributed by atoms with van der Waals surface area (Å²) in [4.78, 5) is 17.1. The monoisotopic (exact) mass is 585 g/mol. The number of hydrogen-bond acceptors (Lipinski definition) is 9. The van der Waals surface area contributed by atoms with Crippen molar-refractivity contribution in [2.24, 2.45) is 5.92 Å². The molecule has 2 aromatic heterocycles. The van der Waals surface area contributed by atoms with Gasteiger partial charge in [-0.15, -0.1) is 0 Å². The van der Waals surface area contributed by atoms with Crippen molar-refractivity contribution in [3.63, 3.8) is 0 Å². The molecule has 1 N–H and O–H groups in total. The van der Waals surface area contributed by atoms with Crippen LogP contribution in [0.2, 0.25) is 0 Å². The molecule has 0 bridgehead atoms. The molecule has 2 aliphatic rings. The highest BCUT2D eigenvalue weighted by Crippen LogP contribution is 2.38. The van der Waals surface area contributed by atoms with Crippen LogP contribution < -0.4 is 14.4 Å². The zero-order valence-electron chi connectivity index (χ0n) is 25.4. The van der Waals surface area contributed by atoms with Gasteiger partial charge in [0.25, 0.3) is 0 Å². The highest BCUT2D eigenvalue weighted by atomic mass is 16.5. The average Bonchev–Trinajstić information content (AvgIpc) is 3.76. The largest absolute Gasteiger partial charge is 0.497 e. The predicted octanol–water partition coefficient (Wildman–Crippen LogP) is 4.45. The lowest BCUT2D eigenvalue weighted by molar-refractivity contribution is 0.122. The molecule has 0 unspecified atom stereocenters. The summed E-state index contributed by atoms with van der Waals surface area (Å²) in [5.41, 5.74) is 5.64. The second-order valence-electron chi connectivity index (χ2n) is 11.7. The first-order valence-electron chi connectivity index (χ1n) is 15.5. The molecule has 1 aliphatic heterocycles.